The summed E-state index contributed by atoms with van der Waals surface area (Å²) >= 11 is 3.34. The average molecular weight is 387 g/mol. The third kappa shape index (κ3) is 7.88. The summed E-state index contributed by atoms with van der Waals surface area (Å²) in [4.78, 5) is 23.6. The molecule has 0 saturated heterocycles. The molecule has 1 rings (SSSR count). The molecule has 1 aromatic carbocycles. The lowest BCUT2D eigenvalue weighted by molar-refractivity contribution is 0.0625. The van der Waals surface area contributed by atoms with Crippen LogP contribution >= 0.6 is 15.9 Å². The lowest BCUT2D eigenvalue weighted by Gasteiger charge is -2.21. The Hall–Kier alpha value is -1.76. The molecule has 2 amide bonds. The van der Waals surface area contributed by atoms with Gasteiger partial charge < -0.3 is 9.47 Å². The standard InChI is InChI=1S/C16H23BrN2O4/c1-15(2,3)22-13(20)18-10-7-8-11(17)12(9-10)19-14(21)23-16(4,5)6/h7-9H,1-6H3,(H,18,20)(H,19,21). The topological polar surface area (TPSA) is 76.7 Å². The zero-order valence-corrected chi connectivity index (χ0v) is 15.8. The summed E-state index contributed by atoms with van der Waals surface area (Å²) in [6.07, 6.45) is -1.14. The van der Waals surface area contributed by atoms with Crippen LogP contribution in [0.25, 0.3) is 0 Å². The molecule has 0 heterocycles. The van der Waals surface area contributed by atoms with E-state index in [1.807, 2.05) is 0 Å². The van der Waals surface area contributed by atoms with Gasteiger partial charge >= 0.3 is 12.2 Å². The number of rotatable bonds is 2. The van der Waals surface area contributed by atoms with Gasteiger partial charge in [-0.25, -0.2) is 9.59 Å². The molecule has 1 aromatic rings. The third-order valence-electron chi connectivity index (χ3n) is 2.25. The van der Waals surface area contributed by atoms with Crippen LogP contribution in [0.5, 0.6) is 0 Å². The highest BCUT2D eigenvalue weighted by Gasteiger charge is 2.18. The number of benzene rings is 1. The van der Waals surface area contributed by atoms with Crippen molar-refractivity contribution in [2.24, 2.45) is 0 Å². The fourth-order valence-corrected chi connectivity index (χ4v) is 1.88. The Morgan fingerprint density at radius 3 is 1.87 bits per heavy atom. The monoisotopic (exact) mass is 386 g/mol. The van der Waals surface area contributed by atoms with Gasteiger partial charge in [0.15, 0.2) is 0 Å². The molecule has 0 aliphatic carbocycles. The largest absolute Gasteiger partial charge is 0.444 e. The summed E-state index contributed by atoms with van der Waals surface area (Å²) in [5.41, 5.74) is -0.207. The molecule has 0 fully saturated rings. The normalized spacial score (nSPS) is 11.6. The van der Waals surface area contributed by atoms with Gasteiger partial charge in [0, 0.05) is 10.2 Å². The minimum Gasteiger partial charge on any atom is -0.444 e. The van der Waals surface area contributed by atoms with E-state index in [-0.39, 0.29) is 0 Å². The molecule has 6 nitrogen and oxygen atoms in total. The molecular formula is C16H23BrN2O4. The number of hydrogen-bond acceptors (Lipinski definition) is 4. The van der Waals surface area contributed by atoms with Crippen LogP contribution in [0.15, 0.2) is 22.7 Å². The first-order valence-corrected chi connectivity index (χ1v) is 7.94. The van der Waals surface area contributed by atoms with Crippen molar-refractivity contribution in [2.75, 3.05) is 10.6 Å². The molecule has 0 saturated carbocycles. The lowest BCUT2D eigenvalue weighted by atomic mass is 10.2. The van der Waals surface area contributed by atoms with E-state index in [1.165, 1.54) is 0 Å². The van der Waals surface area contributed by atoms with Crippen LogP contribution in [-0.4, -0.2) is 23.4 Å². The van der Waals surface area contributed by atoms with Crippen LogP contribution in [-0.2, 0) is 9.47 Å². The molecule has 0 radical (unpaired) electrons. The van der Waals surface area contributed by atoms with E-state index in [9.17, 15) is 9.59 Å². The smallest absolute Gasteiger partial charge is 0.412 e. The number of hydrogen-bond donors (Lipinski definition) is 2. The molecule has 7 heteroatoms. The maximum atomic E-state index is 11.8. The molecule has 0 aromatic heterocycles. The first-order valence-electron chi connectivity index (χ1n) is 7.15. The zero-order chi connectivity index (χ0) is 17.8. The van der Waals surface area contributed by atoms with Crippen molar-refractivity contribution in [2.45, 2.75) is 52.7 Å². The van der Waals surface area contributed by atoms with Gasteiger partial charge in [-0.3, -0.25) is 10.6 Å². The Morgan fingerprint density at radius 2 is 1.39 bits per heavy atom. The Kier molecular flexibility index (Phi) is 6.04. The molecule has 0 bridgehead atoms. The van der Waals surface area contributed by atoms with Crippen molar-refractivity contribution in [3.05, 3.63) is 22.7 Å². The van der Waals surface area contributed by atoms with Crippen molar-refractivity contribution in [1.29, 1.82) is 0 Å². The Bertz CT molecular complexity index is 589. The van der Waals surface area contributed by atoms with Crippen LogP contribution in [0.2, 0.25) is 0 Å². The Labute approximate surface area is 145 Å². The summed E-state index contributed by atoms with van der Waals surface area (Å²) in [5, 5.41) is 5.24. The molecule has 128 valence electrons. The third-order valence-corrected chi connectivity index (χ3v) is 2.94. The number of carbonyl (C=O) groups is 2. The summed E-state index contributed by atoms with van der Waals surface area (Å²) < 4.78 is 11.1. The second-order valence-corrected chi connectivity index (χ2v) is 7.80. The highest BCUT2D eigenvalue weighted by Crippen LogP contribution is 2.27. The van der Waals surface area contributed by atoms with E-state index < -0.39 is 23.4 Å². The van der Waals surface area contributed by atoms with Crippen molar-refractivity contribution in [3.8, 4) is 0 Å². The number of nitrogens with one attached hydrogen (secondary N) is 2. The zero-order valence-electron chi connectivity index (χ0n) is 14.2. The average Bonchev–Trinajstić information content (AvgIpc) is 2.28. The molecule has 23 heavy (non-hydrogen) atoms. The fourth-order valence-electron chi connectivity index (χ4n) is 1.53. The van der Waals surface area contributed by atoms with Crippen molar-refractivity contribution in [3.63, 3.8) is 0 Å². The maximum absolute atomic E-state index is 11.8. The van der Waals surface area contributed by atoms with Gasteiger partial charge in [0.1, 0.15) is 11.2 Å². The summed E-state index contributed by atoms with van der Waals surface area (Å²) in [6.45, 7) is 10.7. The number of anilines is 2. The van der Waals surface area contributed by atoms with Gasteiger partial charge in [0.25, 0.3) is 0 Å². The molecule has 0 atom stereocenters. The molecule has 0 aliphatic rings. The molecule has 0 unspecified atom stereocenters. The van der Waals surface area contributed by atoms with Gasteiger partial charge in [-0.1, -0.05) is 0 Å². The Morgan fingerprint density at radius 1 is 0.913 bits per heavy atom. The van der Waals surface area contributed by atoms with Crippen LogP contribution in [0.3, 0.4) is 0 Å². The first kappa shape index (κ1) is 19.3. The molecule has 0 aliphatic heterocycles. The lowest BCUT2D eigenvalue weighted by Crippen LogP contribution is -2.28. The predicted molar refractivity (Wildman–Crippen MR) is 93.9 cm³/mol. The Balaban J connectivity index is 2.79. The molecule has 0 spiro atoms. The van der Waals surface area contributed by atoms with E-state index in [0.29, 0.717) is 15.8 Å². The van der Waals surface area contributed by atoms with E-state index >= 15 is 0 Å². The minimum atomic E-state index is -0.594. The van der Waals surface area contributed by atoms with Gasteiger partial charge in [0.2, 0.25) is 0 Å². The van der Waals surface area contributed by atoms with E-state index in [0.717, 1.165) is 0 Å². The highest BCUT2D eigenvalue weighted by atomic mass is 79.9. The molecular weight excluding hydrogens is 364 g/mol. The highest BCUT2D eigenvalue weighted by molar-refractivity contribution is 9.10. The van der Waals surface area contributed by atoms with Crippen LogP contribution in [0, 0.1) is 0 Å². The SMILES string of the molecule is CC(C)(C)OC(=O)Nc1ccc(Br)c(NC(=O)OC(C)(C)C)c1. The van der Waals surface area contributed by atoms with E-state index in [2.05, 4.69) is 26.6 Å². The predicted octanol–water partition coefficient (Wildman–Crippen LogP) is 5.14. The maximum Gasteiger partial charge on any atom is 0.412 e. The second-order valence-electron chi connectivity index (χ2n) is 6.95. The van der Waals surface area contributed by atoms with Crippen molar-refractivity contribution in [1.82, 2.24) is 0 Å². The van der Waals surface area contributed by atoms with E-state index in [1.54, 1.807) is 59.7 Å². The summed E-state index contributed by atoms with van der Waals surface area (Å²) in [6, 6.07) is 5.01. The van der Waals surface area contributed by atoms with Crippen molar-refractivity contribution < 1.29 is 19.1 Å². The second kappa shape index (κ2) is 7.21. The van der Waals surface area contributed by atoms with Gasteiger partial charge in [-0.05, 0) is 75.7 Å². The number of halogens is 1. The van der Waals surface area contributed by atoms with Gasteiger partial charge in [-0.15, -0.1) is 0 Å². The van der Waals surface area contributed by atoms with Gasteiger partial charge in [0.05, 0.1) is 5.69 Å². The molecule has 2 N–H and O–H groups in total. The van der Waals surface area contributed by atoms with Crippen LogP contribution < -0.4 is 10.6 Å². The number of ether oxygens (including phenoxy) is 2. The first-order chi connectivity index (χ1) is 10.4. The number of amides is 2. The van der Waals surface area contributed by atoms with E-state index in [4.69, 9.17) is 9.47 Å². The van der Waals surface area contributed by atoms with Gasteiger partial charge in [-0.2, -0.15) is 0 Å². The summed E-state index contributed by atoms with van der Waals surface area (Å²) in [7, 11) is 0. The summed E-state index contributed by atoms with van der Waals surface area (Å²) in [5.74, 6) is 0. The van der Waals surface area contributed by atoms with Crippen LogP contribution in [0.1, 0.15) is 41.5 Å². The minimum absolute atomic E-state index is 0.479. The number of carbonyl (C=O) groups excluding carboxylic acids is 2. The fraction of sp³-hybridized carbons (Fsp3) is 0.500. The quantitative estimate of drug-likeness (QED) is 0.737. The van der Waals surface area contributed by atoms with Crippen molar-refractivity contribution >= 4 is 39.5 Å². The van der Waals surface area contributed by atoms with Crippen LogP contribution in [0.4, 0.5) is 21.0 Å².